The van der Waals surface area contributed by atoms with Crippen molar-refractivity contribution < 1.29 is 0 Å². The Kier molecular flexibility index (Phi) is 4.92. The first-order chi connectivity index (χ1) is 22.3. The van der Waals surface area contributed by atoms with Crippen molar-refractivity contribution in [2.24, 2.45) is 0 Å². The molecule has 0 atom stereocenters. The van der Waals surface area contributed by atoms with Crippen LogP contribution < -0.4 is 0 Å². The molecule has 45 heavy (non-hydrogen) atoms. The molecule has 0 saturated carbocycles. The summed E-state index contributed by atoms with van der Waals surface area (Å²) >= 11 is 0. The van der Waals surface area contributed by atoms with Gasteiger partial charge in [0.15, 0.2) is 5.82 Å². The van der Waals surface area contributed by atoms with E-state index in [4.69, 9.17) is 15.0 Å². The number of pyridine rings is 1. The largest absolute Gasteiger partial charge is 0.245 e. The first-order valence-electron chi connectivity index (χ1n) is 15.4. The quantitative estimate of drug-likeness (QED) is 0.207. The summed E-state index contributed by atoms with van der Waals surface area (Å²) in [6.45, 7) is 0. The molecule has 3 heteroatoms. The van der Waals surface area contributed by atoms with E-state index in [1.165, 1.54) is 44.3 Å². The first kappa shape index (κ1) is 24.5. The molecule has 6 aromatic carbocycles. The molecule has 2 aliphatic carbocycles. The van der Waals surface area contributed by atoms with E-state index in [0.717, 1.165) is 38.9 Å². The van der Waals surface area contributed by atoms with Crippen molar-refractivity contribution in [3.63, 3.8) is 0 Å². The average Bonchev–Trinajstić information content (AvgIpc) is 3.59. The molecule has 8 aromatic rings. The SMILES string of the molecule is c1ccc(-c2nc(-c3nc4ccccc4c4c3-c3ccccc3C43c4ccccc4-c4ccccc43)c3ccccc3n2)cc1. The van der Waals surface area contributed by atoms with Crippen molar-refractivity contribution in [2.75, 3.05) is 0 Å². The van der Waals surface area contributed by atoms with Gasteiger partial charge in [0.1, 0.15) is 5.69 Å². The predicted octanol–water partition coefficient (Wildman–Crippen LogP) is 9.86. The summed E-state index contributed by atoms with van der Waals surface area (Å²) in [7, 11) is 0. The normalized spacial score (nSPS) is 13.5. The zero-order chi connectivity index (χ0) is 29.5. The summed E-state index contributed by atoms with van der Waals surface area (Å²) < 4.78 is 0. The Morgan fingerprint density at radius 2 is 0.889 bits per heavy atom. The van der Waals surface area contributed by atoms with Gasteiger partial charge in [-0.25, -0.2) is 15.0 Å². The minimum Gasteiger partial charge on any atom is -0.245 e. The van der Waals surface area contributed by atoms with E-state index in [9.17, 15) is 0 Å². The summed E-state index contributed by atoms with van der Waals surface area (Å²) in [6.07, 6.45) is 0. The second-order valence-corrected chi connectivity index (χ2v) is 11.9. The van der Waals surface area contributed by atoms with Gasteiger partial charge in [0.2, 0.25) is 0 Å². The lowest BCUT2D eigenvalue weighted by atomic mass is 9.69. The smallest absolute Gasteiger partial charge is 0.160 e. The number of fused-ring (bicyclic) bond motifs is 13. The summed E-state index contributed by atoms with van der Waals surface area (Å²) in [5, 5.41) is 2.16. The fraction of sp³-hybridized carbons (Fsp3) is 0.0238. The van der Waals surface area contributed by atoms with E-state index in [1.807, 2.05) is 24.3 Å². The Labute approximate surface area is 260 Å². The van der Waals surface area contributed by atoms with Gasteiger partial charge in [-0.3, -0.25) is 0 Å². The van der Waals surface area contributed by atoms with Crippen LogP contribution in [-0.4, -0.2) is 15.0 Å². The Morgan fingerprint density at radius 3 is 1.58 bits per heavy atom. The van der Waals surface area contributed by atoms with Crippen molar-refractivity contribution >= 4 is 21.8 Å². The first-order valence-corrected chi connectivity index (χ1v) is 15.4. The van der Waals surface area contributed by atoms with Gasteiger partial charge in [-0.2, -0.15) is 0 Å². The van der Waals surface area contributed by atoms with Crippen LogP contribution in [0, 0.1) is 0 Å². The molecule has 208 valence electrons. The van der Waals surface area contributed by atoms with Crippen molar-refractivity contribution in [3.8, 4) is 45.0 Å². The van der Waals surface area contributed by atoms with Crippen LogP contribution >= 0.6 is 0 Å². The van der Waals surface area contributed by atoms with Gasteiger partial charge in [-0.1, -0.05) is 140 Å². The highest BCUT2D eigenvalue weighted by Gasteiger charge is 2.53. The molecule has 10 rings (SSSR count). The summed E-state index contributed by atoms with van der Waals surface area (Å²) in [6, 6.07) is 54.0. The number of benzene rings is 6. The van der Waals surface area contributed by atoms with Gasteiger partial charge >= 0.3 is 0 Å². The monoisotopic (exact) mass is 571 g/mol. The van der Waals surface area contributed by atoms with Gasteiger partial charge in [-0.05, 0) is 51.1 Å². The maximum atomic E-state index is 5.48. The van der Waals surface area contributed by atoms with Crippen LogP contribution in [0.5, 0.6) is 0 Å². The highest BCUT2D eigenvalue weighted by Crippen LogP contribution is 2.65. The van der Waals surface area contributed by atoms with Gasteiger partial charge in [0.05, 0.1) is 22.1 Å². The minimum absolute atomic E-state index is 0.485. The van der Waals surface area contributed by atoms with Crippen LogP contribution in [0.15, 0.2) is 152 Å². The lowest BCUT2D eigenvalue weighted by molar-refractivity contribution is 0.801. The average molecular weight is 572 g/mol. The number of hydrogen-bond acceptors (Lipinski definition) is 3. The van der Waals surface area contributed by atoms with Gasteiger partial charge in [0, 0.05) is 21.9 Å². The molecule has 0 unspecified atom stereocenters. The Morgan fingerprint density at radius 1 is 0.378 bits per heavy atom. The molecule has 0 radical (unpaired) electrons. The van der Waals surface area contributed by atoms with E-state index in [0.29, 0.717) is 5.82 Å². The van der Waals surface area contributed by atoms with Gasteiger partial charge in [-0.15, -0.1) is 0 Å². The number of nitrogens with zero attached hydrogens (tertiary/aromatic N) is 3. The lowest BCUT2D eigenvalue weighted by Crippen LogP contribution is -2.26. The Hall–Kier alpha value is -5.93. The number of aromatic nitrogens is 3. The Balaban J connectivity index is 1.42. The molecule has 2 aromatic heterocycles. The van der Waals surface area contributed by atoms with E-state index >= 15 is 0 Å². The standard InChI is InChI=1S/C42H25N3/c1-2-14-26(15-3-1)41-44-36-25-13-8-20-31(36)39(45-41)40-37-29-18-6-11-23-34(29)42(38(37)30-19-7-12-24-35(30)43-40)32-21-9-4-16-27(32)28-17-5-10-22-33(28)42/h1-25H. The third kappa shape index (κ3) is 3.17. The van der Waals surface area contributed by atoms with E-state index in [-0.39, 0.29) is 0 Å². The van der Waals surface area contributed by atoms with E-state index in [1.54, 1.807) is 0 Å². The van der Waals surface area contributed by atoms with Crippen LogP contribution in [0.2, 0.25) is 0 Å². The molecule has 0 N–H and O–H groups in total. The second-order valence-electron chi connectivity index (χ2n) is 11.9. The van der Waals surface area contributed by atoms with E-state index < -0.39 is 5.41 Å². The molecule has 0 fully saturated rings. The maximum absolute atomic E-state index is 5.48. The lowest BCUT2D eigenvalue weighted by Gasteiger charge is -2.31. The highest BCUT2D eigenvalue weighted by atomic mass is 14.9. The molecule has 1 spiro atoms. The molecule has 0 bridgehead atoms. The van der Waals surface area contributed by atoms with Crippen LogP contribution in [-0.2, 0) is 5.41 Å². The van der Waals surface area contributed by atoms with Gasteiger partial charge in [0.25, 0.3) is 0 Å². The second kappa shape index (κ2) is 9.04. The molecule has 3 nitrogen and oxygen atoms in total. The summed E-state index contributed by atoms with van der Waals surface area (Å²) in [4.78, 5) is 15.8. The van der Waals surface area contributed by atoms with Crippen LogP contribution in [0.3, 0.4) is 0 Å². The zero-order valence-corrected chi connectivity index (χ0v) is 24.3. The third-order valence-corrected chi connectivity index (χ3v) is 9.68. The topological polar surface area (TPSA) is 38.7 Å². The summed E-state index contributed by atoms with van der Waals surface area (Å²) in [5.41, 5.74) is 14.3. The van der Waals surface area contributed by atoms with E-state index in [2.05, 4.69) is 127 Å². The van der Waals surface area contributed by atoms with Crippen molar-refractivity contribution in [1.82, 2.24) is 15.0 Å². The number of rotatable bonds is 2. The zero-order valence-electron chi connectivity index (χ0n) is 24.3. The molecular weight excluding hydrogens is 546 g/mol. The fourth-order valence-electron chi connectivity index (χ4n) is 7.97. The third-order valence-electron chi connectivity index (χ3n) is 9.68. The van der Waals surface area contributed by atoms with Crippen molar-refractivity contribution in [1.29, 1.82) is 0 Å². The van der Waals surface area contributed by atoms with Crippen LogP contribution in [0.1, 0.15) is 22.3 Å². The predicted molar refractivity (Wildman–Crippen MR) is 182 cm³/mol. The summed E-state index contributed by atoms with van der Waals surface area (Å²) in [5.74, 6) is 0.700. The maximum Gasteiger partial charge on any atom is 0.160 e. The minimum atomic E-state index is -0.485. The molecule has 0 saturated heterocycles. The fourth-order valence-corrected chi connectivity index (χ4v) is 7.97. The molecule has 0 amide bonds. The van der Waals surface area contributed by atoms with Crippen molar-refractivity contribution in [3.05, 3.63) is 174 Å². The van der Waals surface area contributed by atoms with Gasteiger partial charge < -0.3 is 0 Å². The highest BCUT2D eigenvalue weighted by molar-refractivity contribution is 6.08. The number of hydrogen-bond donors (Lipinski definition) is 0. The molecular formula is C42H25N3. The van der Waals surface area contributed by atoms with Crippen molar-refractivity contribution in [2.45, 2.75) is 5.41 Å². The van der Waals surface area contributed by atoms with Crippen LogP contribution in [0.25, 0.3) is 66.8 Å². The molecule has 2 heterocycles. The molecule has 0 aliphatic heterocycles. The number of para-hydroxylation sites is 2. The molecule has 2 aliphatic rings. The Bertz CT molecular complexity index is 2450. The van der Waals surface area contributed by atoms with Crippen LogP contribution in [0.4, 0.5) is 0 Å².